The molecule has 1 fully saturated rings. The molecular weight excluding hydrogens is 266 g/mol. The molecule has 1 aliphatic heterocycles. The van der Waals surface area contributed by atoms with Gasteiger partial charge >= 0.3 is 5.97 Å². The average molecular weight is 277 g/mol. The van der Waals surface area contributed by atoms with Crippen LogP contribution in [0, 0.1) is 0 Å². The summed E-state index contributed by atoms with van der Waals surface area (Å²) in [6, 6.07) is 9.40. The first-order chi connectivity index (χ1) is 9.15. The number of nitrogens with one attached hydrogen (secondary N) is 1. The minimum atomic E-state index is -1.01. The largest absolute Gasteiger partial charge is 0.481 e. The van der Waals surface area contributed by atoms with Gasteiger partial charge in [0.05, 0.1) is 12.6 Å². The van der Waals surface area contributed by atoms with E-state index in [1.807, 2.05) is 30.3 Å². The molecule has 7 heteroatoms. The summed E-state index contributed by atoms with van der Waals surface area (Å²) in [4.78, 5) is 22.0. The zero-order valence-corrected chi connectivity index (χ0v) is 10.6. The average Bonchev–Trinajstić information content (AvgIpc) is 2.70. The summed E-state index contributed by atoms with van der Waals surface area (Å²) in [5.74, 6) is -1.36. The molecule has 2 N–H and O–H groups in total. The molecular formula is C12H11N3O3S. The van der Waals surface area contributed by atoms with Crippen molar-refractivity contribution in [3.63, 3.8) is 0 Å². The Morgan fingerprint density at radius 2 is 2.16 bits per heavy atom. The molecule has 1 aromatic rings. The Hall–Kier alpha value is -2.15. The van der Waals surface area contributed by atoms with Gasteiger partial charge in [0, 0.05) is 0 Å². The van der Waals surface area contributed by atoms with Crippen molar-refractivity contribution in [2.45, 2.75) is 11.7 Å². The van der Waals surface area contributed by atoms with Crippen molar-refractivity contribution in [1.29, 1.82) is 0 Å². The third kappa shape index (κ3) is 3.92. The van der Waals surface area contributed by atoms with Crippen molar-refractivity contribution in [1.82, 2.24) is 5.32 Å². The van der Waals surface area contributed by atoms with Crippen LogP contribution in [0.5, 0.6) is 0 Å². The summed E-state index contributed by atoms with van der Waals surface area (Å²) in [6.45, 7) is 0. The molecule has 0 spiro atoms. The fourth-order valence-electron chi connectivity index (χ4n) is 1.43. The standard InChI is InChI=1S/C12H11N3O3S/c16-10(17)6-9-11(18)14-12(19-9)15-13-7-8-4-2-1-3-5-8/h1-5,7,9H,6H2,(H,16,17)(H,14,15,18)/b13-7-. The third-order valence-corrected chi connectivity index (χ3v) is 3.36. The van der Waals surface area contributed by atoms with Crippen LogP contribution in [-0.4, -0.2) is 33.6 Å². The SMILES string of the molecule is O=C(O)CC1SC(=N/N=C\c2ccccc2)NC1=O. The number of rotatable bonds is 4. The van der Waals surface area contributed by atoms with Gasteiger partial charge in [0.1, 0.15) is 5.25 Å². The summed E-state index contributed by atoms with van der Waals surface area (Å²) in [7, 11) is 0. The van der Waals surface area contributed by atoms with Crippen LogP contribution >= 0.6 is 11.8 Å². The van der Waals surface area contributed by atoms with E-state index in [0.717, 1.165) is 17.3 Å². The van der Waals surface area contributed by atoms with Gasteiger partial charge < -0.3 is 10.4 Å². The number of hydrogen-bond donors (Lipinski definition) is 2. The van der Waals surface area contributed by atoms with Crippen molar-refractivity contribution >= 4 is 35.0 Å². The quantitative estimate of drug-likeness (QED) is 0.636. The van der Waals surface area contributed by atoms with Crippen LogP contribution in [-0.2, 0) is 9.59 Å². The monoisotopic (exact) mass is 277 g/mol. The summed E-state index contributed by atoms with van der Waals surface area (Å²) in [5.41, 5.74) is 0.892. The smallest absolute Gasteiger partial charge is 0.305 e. The van der Waals surface area contributed by atoms with E-state index in [1.54, 1.807) is 6.21 Å². The molecule has 1 unspecified atom stereocenters. The van der Waals surface area contributed by atoms with Crippen LogP contribution in [0.15, 0.2) is 40.5 Å². The minimum absolute atomic E-state index is 0.224. The lowest BCUT2D eigenvalue weighted by Crippen LogP contribution is -2.26. The highest BCUT2D eigenvalue weighted by molar-refractivity contribution is 8.15. The zero-order valence-electron chi connectivity index (χ0n) is 9.81. The first-order valence-corrected chi connectivity index (χ1v) is 6.38. The number of hydrogen-bond acceptors (Lipinski definition) is 5. The maximum atomic E-state index is 11.4. The number of nitrogens with zero attached hydrogens (tertiary/aromatic N) is 2. The van der Waals surface area contributed by atoms with E-state index >= 15 is 0 Å². The number of carboxylic acid groups (broad SMARTS) is 1. The number of carboxylic acids is 1. The molecule has 98 valence electrons. The van der Waals surface area contributed by atoms with Crippen molar-refractivity contribution in [2.24, 2.45) is 10.2 Å². The van der Waals surface area contributed by atoms with Gasteiger partial charge in [-0.15, -0.1) is 5.10 Å². The van der Waals surface area contributed by atoms with Gasteiger partial charge in [0.15, 0.2) is 5.17 Å². The van der Waals surface area contributed by atoms with Crippen LogP contribution < -0.4 is 5.32 Å². The molecule has 1 atom stereocenters. The van der Waals surface area contributed by atoms with Crippen molar-refractivity contribution in [2.75, 3.05) is 0 Å². The molecule has 0 bridgehead atoms. The molecule has 1 aliphatic rings. The second kappa shape index (κ2) is 6.14. The highest BCUT2D eigenvalue weighted by atomic mass is 32.2. The Morgan fingerprint density at radius 3 is 2.84 bits per heavy atom. The van der Waals surface area contributed by atoms with Crippen LogP contribution in [0.4, 0.5) is 0 Å². The van der Waals surface area contributed by atoms with E-state index in [1.165, 1.54) is 0 Å². The number of amidine groups is 1. The second-order valence-corrected chi connectivity index (χ2v) is 4.95. The molecule has 0 radical (unpaired) electrons. The normalized spacial score (nSPS) is 20.9. The number of aliphatic carboxylic acids is 1. The Kier molecular flexibility index (Phi) is 4.30. The Morgan fingerprint density at radius 1 is 1.42 bits per heavy atom. The van der Waals surface area contributed by atoms with E-state index in [-0.39, 0.29) is 12.3 Å². The number of amides is 1. The minimum Gasteiger partial charge on any atom is -0.481 e. The highest BCUT2D eigenvalue weighted by Gasteiger charge is 2.32. The van der Waals surface area contributed by atoms with Gasteiger partial charge in [-0.2, -0.15) is 5.10 Å². The summed E-state index contributed by atoms with van der Waals surface area (Å²) >= 11 is 1.08. The fraction of sp³-hybridized carbons (Fsp3) is 0.167. The van der Waals surface area contributed by atoms with Gasteiger partial charge in [0.25, 0.3) is 0 Å². The van der Waals surface area contributed by atoms with Crippen LogP contribution in [0.3, 0.4) is 0 Å². The van der Waals surface area contributed by atoms with Gasteiger partial charge in [-0.25, -0.2) is 0 Å². The molecule has 0 aromatic heterocycles. The van der Waals surface area contributed by atoms with Crippen molar-refractivity contribution in [3.05, 3.63) is 35.9 Å². The summed E-state index contributed by atoms with van der Waals surface area (Å²) in [5, 5.41) is 18.5. The van der Waals surface area contributed by atoms with Gasteiger partial charge in [0.2, 0.25) is 5.91 Å². The Balaban J connectivity index is 1.96. The predicted molar refractivity (Wildman–Crippen MR) is 73.2 cm³/mol. The molecule has 19 heavy (non-hydrogen) atoms. The molecule has 2 rings (SSSR count). The van der Waals surface area contributed by atoms with Gasteiger partial charge in [-0.1, -0.05) is 42.1 Å². The molecule has 1 heterocycles. The first-order valence-electron chi connectivity index (χ1n) is 5.50. The fourth-order valence-corrected chi connectivity index (χ4v) is 2.35. The second-order valence-electron chi connectivity index (χ2n) is 3.75. The Labute approximate surface area is 113 Å². The summed E-state index contributed by atoms with van der Waals surface area (Å²) in [6.07, 6.45) is 1.34. The molecule has 6 nitrogen and oxygen atoms in total. The molecule has 0 aliphatic carbocycles. The van der Waals surface area contributed by atoms with E-state index in [9.17, 15) is 9.59 Å². The lowest BCUT2D eigenvalue weighted by molar-refractivity contribution is -0.138. The van der Waals surface area contributed by atoms with E-state index in [4.69, 9.17) is 5.11 Å². The number of thioether (sulfide) groups is 1. The molecule has 0 saturated carbocycles. The maximum Gasteiger partial charge on any atom is 0.305 e. The van der Waals surface area contributed by atoms with E-state index < -0.39 is 11.2 Å². The topological polar surface area (TPSA) is 91.1 Å². The zero-order chi connectivity index (χ0) is 13.7. The van der Waals surface area contributed by atoms with E-state index in [2.05, 4.69) is 15.5 Å². The Bertz CT molecular complexity index is 542. The molecule has 1 saturated heterocycles. The van der Waals surface area contributed by atoms with Crippen molar-refractivity contribution < 1.29 is 14.7 Å². The van der Waals surface area contributed by atoms with Gasteiger partial charge in [-0.3, -0.25) is 9.59 Å². The molecule has 1 amide bonds. The number of carbonyl (C=O) groups excluding carboxylic acids is 1. The lowest BCUT2D eigenvalue weighted by atomic mass is 10.2. The molecule has 1 aromatic carbocycles. The van der Waals surface area contributed by atoms with E-state index in [0.29, 0.717) is 5.17 Å². The number of carbonyl (C=O) groups is 2. The van der Waals surface area contributed by atoms with Crippen molar-refractivity contribution in [3.8, 4) is 0 Å². The van der Waals surface area contributed by atoms with Crippen LogP contribution in [0.1, 0.15) is 12.0 Å². The number of benzene rings is 1. The van der Waals surface area contributed by atoms with Gasteiger partial charge in [-0.05, 0) is 5.56 Å². The highest BCUT2D eigenvalue weighted by Crippen LogP contribution is 2.22. The van der Waals surface area contributed by atoms with Crippen LogP contribution in [0.2, 0.25) is 0 Å². The third-order valence-electron chi connectivity index (χ3n) is 2.29. The predicted octanol–water partition coefficient (Wildman–Crippen LogP) is 1.08. The maximum absolute atomic E-state index is 11.4. The first kappa shape index (κ1) is 13.3. The lowest BCUT2D eigenvalue weighted by Gasteiger charge is -1.97. The van der Waals surface area contributed by atoms with Crippen LogP contribution in [0.25, 0.3) is 0 Å². The summed E-state index contributed by atoms with van der Waals surface area (Å²) < 4.78 is 0.